The van der Waals surface area contributed by atoms with Crippen LogP contribution in [0.4, 0.5) is 10.5 Å². The zero-order valence-electron chi connectivity index (χ0n) is 13.4. The molecule has 2 N–H and O–H groups in total. The highest BCUT2D eigenvalue weighted by atomic mass is 16.4. The number of aryl methyl sites for hydroxylation is 3. The van der Waals surface area contributed by atoms with Gasteiger partial charge in [-0.3, -0.25) is 4.79 Å². The van der Waals surface area contributed by atoms with Gasteiger partial charge in [-0.1, -0.05) is 17.7 Å². The molecular weight excluding hydrogens is 268 g/mol. The minimum Gasteiger partial charge on any atom is -0.481 e. The summed E-state index contributed by atoms with van der Waals surface area (Å²) in [5.41, 5.74) is 3.95. The molecule has 0 fully saturated rings. The molecule has 0 aliphatic carbocycles. The Bertz CT molecular complexity index is 517. The summed E-state index contributed by atoms with van der Waals surface area (Å²) in [7, 11) is 0. The lowest BCUT2D eigenvalue weighted by molar-refractivity contribution is -0.137. The van der Waals surface area contributed by atoms with Gasteiger partial charge in [0, 0.05) is 18.3 Å². The van der Waals surface area contributed by atoms with Gasteiger partial charge in [0.05, 0.1) is 6.42 Å². The number of carboxylic acid groups (broad SMARTS) is 1. The number of urea groups is 1. The highest BCUT2D eigenvalue weighted by Gasteiger charge is 2.21. The van der Waals surface area contributed by atoms with Gasteiger partial charge < -0.3 is 15.3 Å². The van der Waals surface area contributed by atoms with Gasteiger partial charge in [-0.25, -0.2) is 4.79 Å². The van der Waals surface area contributed by atoms with Crippen LogP contribution in [0.3, 0.4) is 0 Å². The fourth-order valence-corrected chi connectivity index (χ4v) is 2.57. The maximum absolute atomic E-state index is 12.4. The highest BCUT2D eigenvalue weighted by molar-refractivity contribution is 5.91. The quantitative estimate of drug-likeness (QED) is 0.874. The van der Waals surface area contributed by atoms with Crippen LogP contribution < -0.4 is 5.32 Å². The van der Waals surface area contributed by atoms with Crippen molar-refractivity contribution in [2.45, 2.75) is 47.1 Å². The zero-order valence-corrected chi connectivity index (χ0v) is 13.4. The fourth-order valence-electron chi connectivity index (χ4n) is 2.57. The first-order valence-corrected chi connectivity index (χ1v) is 7.13. The maximum atomic E-state index is 12.4. The van der Waals surface area contributed by atoms with Crippen molar-refractivity contribution in [3.05, 3.63) is 28.8 Å². The number of anilines is 1. The van der Waals surface area contributed by atoms with E-state index in [-0.39, 0.29) is 18.5 Å². The normalized spacial score (nSPS) is 11.9. The van der Waals surface area contributed by atoms with Crippen LogP contribution >= 0.6 is 0 Å². The van der Waals surface area contributed by atoms with E-state index in [1.54, 1.807) is 6.92 Å². The lowest BCUT2D eigenvalue weighted by atomic mass is 10.1. The van der Waals surface area contributed by atoms with Gasteiger partial charge in [0.2, 0.25) is 0 Å². The summed E-state index contributed by atoms with van der Waals surface area (Å²) in [6.07, 6.45) is -0.0624. The standard InChI is InChI=1S/C16H24N2O3/c1-6-18(13(5)9-14(19)20)16(21)17-15-11(3)7-10(2)8-12(15)4/h7-8,13H,6,9H2,1-5H3,(H,17,21)(H,19,20). The van der Waals surface area contributed by atoms with Crippen molar-refractivity contribution in [2.75, 3.05) is 11.9 Å². The van der Waals surface area contributed by atoms with Gasteiger partial charge in [-0.05, 0) is 45.7 Å². The van der Waals surface area contributed by atoms with E-state index in [0.717, 1.165) is 22.4 Å². The Kier molecular flexibility index (Phi) is 5.76. The molecule has 1 atom stereocenters. The largest absolute Gasteiger partial charge is 0.481 e. The van der Waals surface area contributed by atoms with Crippen LogP contribution in [0.2, 0.25) is 0 Å². The summed E-state index contributed by atoms with van der Waals surface area (Å²) >= 11 is 0. The van der Waals surface area contributed by atoms with E-state index in [0.29, 0.717) is 6.54 Å². The second-order valence-corrected chi connectivity index (χ2v) is 5.44. The number of nitrogens with one attached hydrogen (secondary N) is 1. The van der Waals surface area contributed by atoms with E-state index >= 15 is 0 Å². The second-order valence-electron chi connectivity index (χ2n) is 5.44. The third-order valence-corrected chi connectivity index (χ3v) is 3.51. The van der Waals surface area contributed by atoms with Crippen molar-refractivity contribution < 1.29 is 14.7 Å². The number of carbonyl (C=O) groups is 2. The van der Waals surface area contributed by atoms with Crippen LogP contribution in [0.1, 0.15) is 37.0 Å². The Hall–Kier alpha value is -2.04. The van der Waals surface area contributed by atoms with Crippen LogP contribution in [-0.2, 0) is 4.79 Å². The van der Waals surface area contributed by atoms with E-state index in [1.165, 1.54) is 4.90 Å². The number of aliphatic carboxylic acids is 1. The molecular formula is C16H24N2O3. The molecule has 0 heterocycles. The Labute approximate surface area is 126 Å². The predicted molar refractivity (Wildman–Crippen MR) is 83.8 cm³/mol. The molecule has 5 nitrogen and oxygen atoms in total. The first-order chi connectivity index (χ1) is 9.76. The average molecular weight is 292 g/mol. The maximum Gasteiger partial charge on any atom is 0.322 e. The Morgan fingerprint density at radius 1 is 1.24 bits per heavy atom. The summed E-state index contributed by atoms with van der Waals surface area (Å²) in [6.45, 7) is 9.96. The zero-order chi connectivity index (χ0) is 16.2. The van der Waals surface area contributed by atoms with E-state index in [9.17, 15) is 9.59 Å². The molecule has 0 aromatic heterocycles. The van der Waals surface area contributed by atoms with Gasteiger partial charge >= 0.3 is 12.0 Å². The first-order valence-electron chi connectivity index (χ1n) is 7.13. The molecule has 0 aliphatic heterocycles. The molecule has 1 unspecified atom stereocenters. The van der Waals surface area contributed by atoms with Crippen LogP contribution in [-0.4, -0.2) is 34.6 Å². The SMILES string of the molecule is CCN(C(=O)Nc1c(C)cc(C)cc1C)C(C)CC(=O)O. The molecule has 21 heavy (non-hydrogen) atoms. The summed E-state index contributed by atoms with van der Waals surface area (Å²) in [4.78, 5) is 24.7. The van der Waals surface area contributed by atoms with E-state index in [1.807, 2.05) is 39.8 Å². The van der Waals surface area contributed by atoms with Crippen LogP contribution in [0.5, 0.6) is 0 Å². The van der Waals surface area contributed by atoms with Crippen molar-refractivity contribution in [1.29, 1.82) is 0 Å². The Morgan fingerprint density at radius 2 is 1.76 bits per heavy atom. The van der Waals surface area contributed by atoms with Gasteiger partial charge in [0.15, 0.2) is 0 Å². The summed E-state index contributed by atoms with van der Waals surface area (Å²) in [5.74, 6) is -0.906. The smallest absolute Gasteiger partial charge is 0.322 e. The molecule has 0 saturated carbocycles. The number of carbonyl (C=O) groups excluding carboxylic acids is 1. The molecule has 0 bridgehead atoms. The molecule has 2 amide bonds. The third-order valence-electron chi connectivity index (χ3n) is 3.51. The third kappa shape index (κ3) is 4.48. The molecule has 0 spiro atoms. The molecule has 1 aromatic rings. The number of amides is 2. The average Bonchev–Trinajstić information content (AvgIpc) is 2.33. The molecule has 0 aliphatic rings. The van der Waals surface area contributed by atoms with E-state index < -0.39 is 5.97 Å². The Morgan fingerprint density at radius 3 is 2.19 bits per heavy atom. The highest BCUT2D eigenvalue weighted by Crippen LogP contribution is 2.22. The molecule has 1 aromatic carbocycles. The van der Waals surface area contributed by atoms with E-state index in [4.69, 9.17) is 5.11 Å². The van der Waals surface area contributed by atoms with Gasteiger partial charge in [0.25, 0.3) is 0 Å². The monoisotopic (exact) mass is 292 g/mol. The first kappa shape index (κ1) is 17.0. The number of nitrogens with zero attached hydrogens (tertiary/aromatic N) is 1. The van der Waals surface area contributed by atoms with Crippen molar-refractivity contribution in [2.24, 2.45) is 0 Å². The van der Waals surface area contributed by atoms with E-state index in [2.05, 4.69) is 5.32 Å². The summed E-state index contributed by atoms with van der Waals surface area (Å²) in [5, 5.41) is 11.8. The van der Waals surface area contributed by atoms with Crippen molar-refractivity contribution in [3.63, 3.8) is 0 Å². The van der Waals surface area contributed by atoms with Crippen molar-refractivity contribution in [3.8, 4) is 0 Å². The predicted octanol–water partition coefficient (Wildman–Crippen LogP) is 3.33. The number of hydrogen-bond donors (Lipinski definition) is 2. The molecule has 5 heteroatoms. The molecule has 116 valence electrons. The number of carboxylic acids is 1. The van der Waals surface area contributed by atoms with Crippen molar-refractivity contribution >= 4 is 17.7 Å². The lowest BCUT2D eigenvalue weighted by Crippen LogP contribution is -2.42. The number of rotatable bonds is 5. The van der Waals surface area contributed by atoms with Gasteiger partial charge in [-0.15, -0.1) is 0 Å². The number of hydrogen-bond acceptors (Lipinski definition) is 2. The summed E-state index contributed by atoms with van der Waals surface area (Å²) in [6, 6.07) is 3.42. The number of benzene rings is 1. The second kappa shape index (κ2) is 7.11. The van der Waals surface area contributed by atoms with Crippen LogP contribution in [0.25, 0.3) is 0 Å². The van der Waals surface area contributed by atoms with Crippen LogP contribution in [0.15, 0.2) is 12.1 Å². The minimum atomic E-state index is -0.906. The minimum absolute atomic E-state index is 0.0624. The van der Waals surface area contributed by atoms with Crippen LogP contribution in [0, 0.1) is 20.8 Å². The van der Waals surface area contributed by atoms with Gasteiger partial charge in [0.1, 0.15) is 0 Å². The Balaban J connectivity index is 2.91. The fraction of sp³-hybridized carbons (Fsp3) is 0.500. The topological polar surface area (TPSA) is 69.6 Å². The molecule has 1 rings (SSSR count). The lowest BCUT2D eigenvalue weighted by Gasteiger charge is -2.28. The molecule has 0 radical (unpaired) electrons. The molecule has 0 saturated heterocycles. The summed E-state index contributed by atoms with van der Waals surface area (Å²) < 4.78 is 0. The van der Waals surface area contributed by atoms with Crippen molar-refractivity contribution in [1.82, 2.24) is 4.90 Å². The van der Waals surface area contributed by atoms with Gasteiger partial charge in [-0.2, -0.15) is 0 Å².